The summed E-state index contributed by atoms with van der Waals surface area (Å²) < 4.78 is 31.7. The Balaban J connectivity index is 2.48. The van der Waals surface area contributed by atoms with Crippen molar-refractivity contribution in [2.45, 2.75) is 5.25 Å². The van der Waals surface area contributed by atoms with Crippen molar-refractivity contribution in [2.75, 3.05) is 7.11 Å². The second-order valence-electron chi connectivity index (χ2n) is 4.05. The van der Waals surface area contributed by atoms with Gasteiger partial charge in [0.25, 0.3) is 0 Å². The van der Waals surface area contributed by atoms with Crippen molar-refractivity contribution in [2.24, 2.45) is 0 Å². The van der Waals surface area contributed by atoms with Crippen LogP contribution in [0.5, 0.6) is 5.75 Å². The third-order valence-corrected chi connectivity index (χ3v) is 4.28. The normalized spacial score (nSPS) is 12.3. The summed E-state index contributed by atoms with van der Waals surface area (Å²) in [4.78, 5) is 0. The van der Waals surface area contributed by atoms with E-state index in [1.54, 1.807) is 12.1 Å². The first-order chi connectivity index (χ1) is 9.45. The molecule has 0 spiro atoms. The van der Waals surface area contributed by atoms with E-state index in [4.69, 9.17) is 27.9 Å². The second kappa shape index (κ2) is 6.20. The van der Waals surface area contributed by atoms with Gasteiger partial charge >= 0.3 is 0 Å². The van der Waals surface area contributed by atoms with Crippen LogP contribution in [0.15, 0.2) is 30.3 Å². The number of benzene rings is 2. The number of hydrogen-bond donors (Lipinski definition) is 1. The van der Waals surface area contributed by atoms with Gasteiger partial charge < -0.3 is 4.74 Å². The molecule has 1 unspecified atom stereocenters. The van der Waals surface area contributed by atoms with Gasteiger partial charge in [-0.3, -0.25) is 0 Å². The number of thiol groups is 1. The van der Waals surface area contributed by atoms with Crippen LogP contribution < -0.4 is 4.74 Å². The summed E-state index contributed by atoms with van der Waals surface area (Å²) in [6.07, 6.45) is 0. The van der Waals surface area contributed by atoms with Crippen molar-refractivity contribution in [1.29, 1.82) is 0 Å². The summed E-state index contributed by atoms with van der Waals surface area (Å²) in [5, 5.41) is -0.200. The predicted octanol–water partition coefficient (Wildman–Crippen LogP) is 5.30. The van der Waals surface area contributed by atoms with E-state index in [9.17, 15) is 8.78 Å². The van der Waals surface area contributed by atoms with Crippen molar-refractivity contribution < 1.29 is 13.5 Å². The molecule has 0 amide bonds. The Morgan fingerprint density at radius 3 is 2.30 bits per heavy atom. The Hall–Kier alpha value is -0.970. The highest BCUT2D eigenvalue weighted by Crippen LogP contribution is 2.41. The summed E-state index contributed by atoms with van der Waals surface area (Å²) in [5.74, 6) is -0.917. The van der Waals surface area contributed by atoms with Gasteiger partial charge in [-0.1, -0.05) is 35.3 Å². The molecule has 0 fully saturated rings. The monoisotopic (exact) mass is 334 g/mol. The van der Waals surface area contributed by atoms with Crippen LogP contribution >= 0.6 is 35.8 Å². The molecule has 0 saturated carbocycles. The lowest BCUT2D eigenvalue weighted by Crippen LogP contribution is -2.00. The molecular formula is C14H10Cl2F2OS. The lowest BCUT2D eigenvalue weighted by molar-refractivity contribution is 0.415. The van der Waals surface area contributed by atoms with E-state index < -0.39 is 16.9 Å². The summed E-state index contributed by atoms with van der Waals surface area (Å²) in [6, 6.07) is 6.57. The van der Waals surface area contributed by atoms with Crippen LogP contribution in [0, 0.1) is 11.6 Å². The van der Waals surface area contributed by atoms with Gasteiger partial charge in [0.15, 0.2) is 0 Å². The first-order valence-electron chi connectivity index (χ1n) is 5.60. The molecule has 0 N–H and O–H groups in total. The molecule has 20 heavy (non-hydrogen) atoms. The Morgan fingerprint density at radius 2 is 1.70 bits per heavy atom. The summed E-state index contributed by atoms with van der Waals surface area (Å²) in [6.45, 7) is 0. The maximum absolute atomic E-state index is 13.8. The van der Waals surface area contributed by atoms with Crippen LogP contribution in [0.3, 0.4) is 0 Å². The number of halogens is 4. The van der Waals surface area contributed by atoms with Crippen molar-refractivity contribution in [3.63, 3.8) is 0 Å². The Bertz CT molecular complexity index is 649. The lowest BCUT2D eigenvalue weighted by Gasteiger charge is -2.16. The van der Waals surface area contributed by atoms with Crippen LogP contribution in [-0.2, 0) is 0 Å². The van der Waals surface area contributed by atoms with Gasteiger partial charge in [-0.2, -0.15) is 12.6 Å². The van der Waals surface area contributed by atoms with Gasteiger partial charge in [-0.25, -0.2) is 8.78 Å². The summed E-state index contributed by atoms with van der Waals surface area (Å²) in [7, 11) is 1.47. The highest BCUT2D eigenvalue weighted by atomic mass is 35.5. The smallest absolute Gasteiger partial charge is 0.138 e. The molecule has 0 aliphatic carbocycles. The van der Waals surface area contributed by atoms with Gasteiger partial charge in [0, 0.05) is 11.6 Å². The zero-order chi connectivity index (χ0) is 14.9. The average molecular weight is 335 g/mol. The fraction of sp³-hybridized carbons (Fsp3) is 0.143. The maximum Gasteiger partial charge on any atom is 0.138 e. The van der Waals surface area contributed by atoms with Crippen LogP contribution in [0.25, 0.3) is 0 Å². The maximum atomic E-state index is 13.8. The molecule has 6 heteroatoms. The largest absolute Gasteiger partial charge is 0.495 e. The topological polar surface area (TPSA) is 9.23 Å². The lowest BCUT2D eigenvalue weighted by atomic mass is 10.0. The van der Waals surface area contributed by atoms with Crippen molar-refractivity contribution >= 4 is 35.8 Å². The van der Waals surface area contributed by atoms with Crippen LogP contribution in [-0.4, -0.2) is 7.11 Å². The van der Waals surface area contributed by atoms with E-state index in [-0.39, 0.29) is 15.6 Å². The molecule has 0 heterocycles. The van der Waals surface area contributed by atoms with Gasteiger partial charge in [0.2, 0.25) is 0 Å². The predicted molar refractivity (Wildman–Crippen MR) is 80.2 cm³/mol. The molecule has 1 nitrogen and oxygen atoms in total. The third-order valence-electron chi connectivity index (χ3n) is 2.85. The average Bonchev–Trinajstić information content (AvgIpc) is 2.41. The molecule has 2 aromatic carbocycles. The van der Waals surface area contributed by atoms with Crippen molar-refractivity contribution in [3.05, 3.63) is 63.1 Å². The summed E-state index contributed by atoms with van der Waals surface area (Å²) >= 11 is 16.5. The highest BCUT2D eigenvalue weighted by molar-refractivity contribution is 7.80. The molecule has 0 aliphatic heterocycles. The van der Waals surface area contributed by atoms with Crippen LogP contribution in [0.2, 0.25) is 10.0 Å². The first-order valence-corrected chi connectivity index (χ1v) is 6.87. The fourth-order valence-corrected chi connectivity index (χ4v) is 2.82. The molecular weight excluding hydrogens is 325 g/mol. The minimum Gasteiger partial charge on any atom is -0.495 e. The zero-order valence-corrected chi connectivity index (χ0v) is 12.7. The number of ether oxygens (including phenoxy) is 1. The van der Waals surface area contributed by atoms with E-state index >= 15 is 0 Å². The van der Waals surface area contributed by atoms with Crippen LogP contribution in [0.4, 0.5) is 8.78 Å². The number of rotatable bonds is 3. The standard InChI is InChI=1S/C14H10Cl2F2OS/c1-19-11-5-4-9(12(15)13(11)16)14(20)8-3-2-7(17)6-10(8)18/h2-6,14,20H,1H3. The summed E-state index contributed by atoms with van der Waals surface area (Å²) in [5.41, 5.74) is 0.740. The molecule has 0 aliphatic rings. The number of methoxy groups -OCH3 is 1. The van der Waals surface area contributed by atoms with Crippen molar-refractivity contribution in [1.82, 2.24) is 0 Å². The van der Waals surface area contributed by atoms with E-state index in [0.29, 0.717) is 11.3 Å². The zero-order valence-electron chi connectivity index (χ0n) is 10.3. The second-order valence-corrected chi connectivity index (χ2v) is 5.33. The van der Waals surface area contributed by atoms with Gasteiger partial charge in [-0.15, -0.1) is 0 Å². The van der Waals surface area contributed by atoms with Gasteiger partial charge in [0.05, 0.1) is 17.4 Å². The minimum atomic E-state index is -0.687. The first kappa shape index (κ1) is 15.4. The molecule has 0 bridgehead atoms. The molecule has 1 atom stereocenters. The molecule has 2 aromatic rings. The molecule has 106 valence electrons. The quantitative estimate of drug-likeness (QED) is 0.749. The molecule has 2 rings (SSSR count). The Kier molecular flexibility index (Phi) is 4.78. The van der Waals surface area contributed by atoms with E-state index in [1.807, 2.05) is 0 Å². The van der Waals surface area contributed by atoms with E-state index in [2.05, 4.69) is 12.6 Å². The highest BCUT2D eigenvalue weighted by Gasteiger charge is 2.20. The van der Waals surface area contributed by atoms with Gasteiger partial charge in [0.1, 0.15) is 22.4 Å². The minimum absolute atomic E-state index is 0.220. The third kappa shape index (κ3) is 2.87. The fourth-order valence-electron chi connectivity index (χ4n) is 1.81. The van der Waals surface area contributed by atoms with E-state index in [1.165, 1.54) is 19.2 Å². The number of hydrogen-bond acceptors (Lipinski definition) is 2. The molecule has 0 saturated heterocycles. The van der Waals surface area contributed by atoms with Crippen molar-refractivity contribution in [3.8, 4) is 5.75 Å². The van der Waals surface area contributed by atoms with E-state index in [0.717, 1.165) is 6.07 Å². The Morgan fingerprint density at radius 1 is 1.05 bits per heavy atom. The Labute approximate surface area is 130 Å². The molecule has 0 radical (unpaired) electrons. The molecule has 0 aromatic heterocycles. The van der Waals surface area contributed by atoms with Crippen LogP contribution in [0.1, 0.15) is 16.4 Å². The SMILES string of the molecule is COc1ccc(C(S)c2ccc(F)cc2F)c(Cl)c1Cl. The van der Waals surface area contributed by atoms with Gasteiger partial charge in [-0.05, 0) is 17.7 Å².